The molecule has 2 heterocycles. The summed E-state index contributed by atoms with van der Waals surface area (Å²) in [6.45, 7) is 0.305. The maximum Gasteiger partial charge on any atom is 0.231 e. The highest BCUT2D eigenvalue weighted by Gasteiger charge is 2.13. The highest BCUT2D eigenvalue weighted by Crippen LogP contribution is 2.34. The molecule has 2 aromatic rings. The highest BCUT2D eigenvalue weighted by molar-refractivity contribution is 7.98. The molecule has 92 valence electrons. The first-order valence-corrected chi connectivity index (χ1v) is 6.53. The Labute approximate surface area is 109 Å². The number of anilines is 1. The number of ether oxygens (including phenoxy) is 2. The number of hydrogen-bond donors (Lipinski definition) is 1. The minimum atomic E-state index is 0.305. The number of fused-ring (bicyclic) bond motifs is 1. The minimum absolute atomic E-state index is 0.305. The van der Waals surface area contributed by atoms with Gasteiger partial charge in [0.2, 0.25) is 6.79 Å². The van der Waals surface area contributed by atoms with Gasteiger partial charge in [0.25, 0.3) is 0 Å². The average molecular weight is 260 g/mol. The normalized spacial score (nSPS) is 12.7. The number of benzene rings is 1. The molecule has 0 unspecified atom stereocenters. The summed E-state index contributed by atoms with van der Waals surface area (Å²) in [6.07, 6.45) is 1.75. The van der Waals surface area contributed by atoms with Crippen LogP contribution in [0.2, 0.25) is 0 Å². The van der Waals surface area contributed by atoms with Crippen LogP contribution in [0, 0.1) is 0 Å². The fourth-order valence-electron chi connectivity index (χ4n) is 1.71. The van der Waals surface area contributed by atoms with E-state index < -0.39 is 0 Å². The highest BCUT2D eigenvalue weighted by atomic mass is 32.2. The molecule has 1 aliphatic heterocycles. The second kappa shape index (κ2) is 4.78. The third-order valence-electron chi connectivity index (χ3n) is 2.61. The predicted octanol–water partition coefficient (Wildman–Crippen LogP) is 2.68. The van der Waals surface area contributed by atoms with Crippen LogP contribution in [0.5, 0.6) is 11.5 Å². The van der Waals surface area contributed by atoms with Gasteiger partial charge in [-0.1, -0.05) is 17.8 Å². The van der Waals surface area contributed by atoms with Crippen LogP contribution < -0.4 is 15.2 Å². The van der Waals surface area contributed by atoms with E-state index in [0.717, 1.165) is 27.8 Å². The first kappa shape index (κ1) is 11.2. The standard InChI is InChI=1S/C13H12N2O2S/c14-10-2-1-5-15-13(10)18-7-9-3-4-11-12(6-9)17-8-16-11/h1-6H,7-8,14H2. The smallest absolute Gasteiger partial charge is 0.231 e. The zero-order chi connectivity index (χ0) is 12.4. The van der Waals surface area contributed by atoms with Gasteiger partial charge in [0.1, 0.15) is 5.03 Å². The fraction of sp³-hybridized carbons (Fsp3) is 0.154. The summed E-state index contributed by atoms with van der Waals surface area (Å²) in [6, 6.07) is 9.64. The van der Waals surface area contributed by atoms with E-state index >= 15 is 0 Å². The molecular formula is C13H12N2O2S. The molecular weight excluding hydrogens is 248 g/mol. The minimum Gasteiger partial charge on any atom is -0.454 e. The lowest BCUT2D eigenvalue weighted by molar-refractivity contribution is 0.174. The number of nitrogen functional groups attached to an aromatic ring is 1. The molecule has 0 radical (unpaired) electrons. The van der Waals surface area contributed by atoms with E-state index in [1.165, 1.54) is 0 Å². The molecule has 0 fully saturated rings. The molecule has 0 amide bonds. The van der Waals surface area contributed by atoms with Gasteiger partial charge >= 0.3 is 0 Å². The maximum absolute atomic E-state index is 5.85. The molecule has 5 heteroatoms. The van der Waals surface area contributed by atoms with Crippen LogP contribution >= 0.6 is 11.8 Å². The summed E-state index contributed by atoms with van der Waals surface area (Å²) in [5.74, 6) is 2.42. The molecule has 1 aromatic carbocycles. The molecule has 0 aliphatic carbocycles. The third-order valence-corrected chi connectivity index (χ3v) is 3.71. The first-order chi connectivity index (χ1) is 8.83. The van der Waals surface area contributed by atoms with Crippen LogP contribution in [0.15, 0.2) is 41.6 Å². The lowest BCUT2D eigenvalue weighted by Gasteiger charge is -2.04. The number of pyridine rings is 1. The van der Waals surface area contributed by atoms with E-state index in [9.17, 15) is 0 Å². The number of nitrogens with two attached hydrogens (primary N) is 1. The topological polar surface area (TPSA) is 57.4 Å². The average Bonchev–Trinajstić information content (AvgIpc) is 2.85. The van der Waals surface area contributed by atoms with Crippen LogP contribution in [0.1, 0.15) is 5.56 Å². The number of thioether (sulfide) groups is 1. The summed E-state index contributed by atoms with van der Waals surface area (Å²) in [4.78, 5) is 4.25. The summed E-state index contributed by atoms with van der Waals surface area (Å²) < 4.78 is 10.6. The van der Waals surface area contributed by atoms with E-state index in [2.05, 4.69) is 4.98 Å². The van der Waals surface area contributed by atoms with Gasteiger partial charge in [-0.2, -0.15) is 0 Å². The van der Waals surface area contributed by atoms with Gasteiger partial charge in [-0.15, -0.1) is 0 Å². The Bertz CT molecular complexity index is 575. The molecule has 2 N–H and O–H groups in total. The molecule has 0 saturated heterocycles. The van der Waals surface area contributed by atoms with Gasteiger partial charge in [0.05, 0.1) is 5.69 Å². The number of aromatic nitrogens is 1. The monoisotopic (exact) mass is 260 g/mol. The maximum atomic E-state index is 5.85. The number of hydrogen-bond acceptors (Lipinski definition) is 5. The lowest BCUT2D eigenvalue weighted by atomic mass is 10.2. The van der Waals surface area contributed by atoms with Gasteiger partial charge in [-0.25, -0.2) is 4.98 Å². The van der Waals surface area contributed by atoms with E-state index in [1.54, 1.807) is 18.0 Å². The van der Waals surface area contributed by atoms with Gasteiger partial charge in [0.15, 0.2) is 11.5 Å². The van der Waals surface area contributed by atoms with Gasteiger partial charge < -0.3 is 15.2 Å². The summed E-state index contributed by atoms with van der Waals surface area (Å²) >= 11 is 1.61. The van der Waals surface area contributed by atoms with E-state index in [4.69, 9.17) is 15.2 Å². The molecule has 0 saturated carbocycles. The van der Waals surface area contributed by atoms with Crippen LogP contribution in [-0.2, 0) is 5.75 Å². The van der Waals surface area contributed by atoms with Crippen LogP contribution in [0.25, 0.3) is 0 Å². The van der Waals surface area contributed by atoms with Crippen molar-refractivity contribution in [3.8, 4) is 11.5 Å². The summed E-state index contributed by atoms with van der Waals surface area (Å²) in [5, 5.41) is 0.857. The molecule has 0 spiro atoms. The van der Waals surface area contributed by atoms with Gasteiger partial charge in [0, 0.05) is 11.9 Å². The Kier molecular flexibility index (Phi) is 2.98. The van der Waals surface area contributed by atoms with Gasteiger partial charge in [-0.05, 0) is 29.8 Å². The number of nitrogens with zero attached hydrogens (tertiary/aromatic N) is 1. The SMILES string of the molecule is Nc1cccnc1SCc1ccc2c(c1)OCO2. The second-order valence-corrected chi connectivity index (χ2v) is 4.84. The van der Waals surface area contributed by atoms with Crippen LogP contribution in [0.4, 0.5) is 5.69 Å². The number of rotatable bonds is 3. The van der Waals surface area contributed by atoms with Crippen LogP contribution in [0.3, 0.4) is 0 Å². The van der Waals surface area contributed by atoms with Crippen molar-refractivity contribution in [1.29, 1.82) is 0 Å². The molecule has 1 aliphatic rings. The van der Waals surface area contributed by atoms with Crippen molar-refractivity contribution >= 4 is 17.4 Å². The summed E-state index contributed by atoms with van der Waals surface area (Å²) in [7, 11) is 0. The Morgan fingerprint density at radius 3 is 3.00 bits per heavy atom. The summed E-state index contributed by atoms with van der Waals surface area (Å²) in [5.41, 5.74) is 7.72. The zero-order valence-corrected chi connectivity index (χ0v) is 10.4. The van der Waals surface area contributed by atoms with E-state index in [0.29, 0.717) is 12.5 Å². The Morgan fingerprint density at radius 2 is 2.11 bits per heavy atom. The van der Waals surface area contributed by atoms with Crippen molar-refractivity contribution in [3.05, 3.63) is 42.1 Å². The third kappa shape index (κ3) is 2.22. The molecule has 1 aromatic heterocycles. The second-order valence-electron chi connectivity index (χ2n) is 3.87. The largest absolute Gasteiger partial charge is 0.454 e. The van der Waals surface area contributed by atoms with Crippen molar-refractivity contribution in [3.63, 3.8) is 0 Å². The Hall–Kier alpha value is -1.88. The molecule has 0 bridgehead atoms. The van der Waals surface area contributed by atoms with Crippen molar-refractivity contribution < 1.29 is 9.47 Å². The predicted molar refractivity (Wildman–Crippen MR) is 70.8 cm³/mol. The molecule has 3 rings (SSSR count). The van der Waals surface area contributed by atoms with Crippen molar-refractivity contribution in [2.24, 2.45) is 0 Å². The molecule has 0 atom stereocenters. The van der Waals surface area contributed by atoms with Crippen molar-refractivity contribution in [1.82, 2.24) is 4.98 Å². The van der Waals surface area contributed by atoms with Crippen molar-refractivity contribution in [2.45, 2.75) is 10.8 Å². The first-order valence-electron chi connectivity index (χ1n) is 5.55. The Balaban J connectivity index is 1.72. The van der Waals surface area contributed by atoms with E-state index in [1.807, 2.05) is 30.3 Å². The van der Waals surface area contributed by atoms with E-state index in [-0.39, 0.29) is 0 Å². The van der Waals surface area contributed by atoms with Gasteiger partial charge in [-0.3, -0.25) is 0 Å². The van der Waals surface area contributed by atoms with Crippen molar-refractivity contribution in [2.75, 3.05) is 12.5 Å². The molecule has 18 heavy (non-hydrogen) atoms. The zero-order valence-electron chi connectivity index (χ0n) is 9.63. The van der Waals surface area contributed by atoms with Crippen LogP contribution in [-0.4, -0.2) is 11.8 Å². The quantitative estimate of drug-likeness (QED) is 0.860. The molecule has 4 nitrogen and oxygen atoms in total. The Morgan fingerprint density at radius 1 is 1.22 bits per heavy atom. The fourth-order valence-corrected chi connectivity index (χ4v) is 2.56. The lowest BCUT2D eigenvalue weighted by Crippen LogP contribution is -1.93.